The third-order valence-electron chi connectivity index (χ3n) is 1.62. The van der Waals surface area contributed by atoms with Gasteiger partial charge in [0.1, 0.15) is 0 Å². The van der Waals surface area contributed by atoms with Gasteiger partial charge in [-0.2, -0.15) is 0 Å². The lowest BCUT2D eigenvalue weighted by Gasteiger charge is -2.17. The van der Waals surface area contributed by atoms with E-state index < -0.39 is 0 Å². The van der Waals surface area contributed by atoms with Crippen molar-refractivity contribution >= 4 is 5.91 Å². The molecule has 4 heteroatoms. The number of rotatable bonds is 6. The molecule has 0 unspecified atom stereocenters. The van der Waals surface area contributed by atoms with Crippen molar-refractivity contribution in [3.05, 3.63) is 0 Å². The lowest BCUT2D eigenvalue weighted by atomic mass is 10.4. The van der Waals surface area contributed by atoms with Crippen molar-refractivity contribution in [2.45, 2.75) is 6.92 Å². The third kappa shape index (κ3) is 6.14. The van der Waals surface area contributed by atoms with Crippen LogP contribution in [0.15, 0.2) is 0 Å². The number of hydrogen-bond acceptors (Lipinski definition) is 3. The molecule has 0 saturated carbocycles. The van der Waals surface area contributed by atoms with E-state index in [0.717, 1.165) is 6.54 Å². The van der Waals surface area contributed by atoms with Crippen LogP contribution in [0.3, 0.4) is 0 Å². The molecule has 0 spiro atoms. The van der Waals surface area contributed by atoms with Crippen LogP contribution in [0.2, 0.25) is 0 Å². The normalized spacial score (nSPS) is 9.69. The number of aliphatic hydroxyl groups is 1. The first kappa shape index (κ1) is 11.9. The van der Waals surface area contributed by atoms with Gasteiger partial charge in [0.15, 0.2) is 0 Å². The van der Waals surface area contributed by atoms with Gasteiger partial charge in [-0.15, -0.1) is 6.42 Å². The molecular weight excluding hydrogens is 168 g/mol. The highest BCUT2D eigenvalue weighted by molar-refractivity contribution is 5.78. The topological polar surface area (TPSA) is 52.6 Å². The molecule has 0 atom stereocenters. The SMILES string of the molecule is C#CCNC(=O)CN(CC)CCO. The molecule has 74 valence electrons. The van der Waals surface area contributed by atoms with Gasteiger partial charge in [-0.05, 0) is 6.54 Å². The van der Waals surface area contributed by atoms with E-state index >= 15 is 0 Å². The second kappa shape index (κ2) is 7.59. The van der Waals surface area contributed by atoms with Crippen LogP contribution >= 0.6 is 0 Å². The van der Waals surface area contributed by atoms with Gasteiger partial charge in [-0.1, -0.05) is 12.8 Å². The highest BCUT2D eigenvalue weighted by Crippen LogP contribution is 1.85. The van der Waals surface area contributed by atoms with Gasteiger partial charge in [0.2, 0.25) is 5.91 Å². The van der Waals surface area contributed by atoms with Crippen LogP contribution in [0, 0.1) is 12.3 Å². The summed E-state index contributed by atoms with van der Waals surface area (Å²) in [5.74, 6) is 2.22. The van der Waals surface area contributed by atoms with E-state index in [2.05, 4.69) is 11.2 Å². The van der Waals surface area contributed by atoms with Gasteiger partial charge >= 0.3 is 0 Å². The number of terminal acetylenes is 1. The zero-order valence-electron chi connectivity index (χ0n) is 7.92. The molecule has 0 aliphatic rings. The van der Waals surface area contributed by atoms with Crippen LogP contribution in [0.1, 0.15) is 6.92 Å². The molecule has 0 rings (SSSR count). The zero-order valence-corrected chi connectivity index (χ0v) is 7.92. The van der Waals surface area contributed by atoms with Crippen molar-refractivity contribution in [3.8, 4) is 12.3 Å². The van der Waals surface area contributed by atoms with Gasteiger partial charge in [0.05, 0.1) is 19.7 Å². The van der Waals surface area contributed by atoms with E-state index in [1.807, 2.05) is 11.8 Å². The average molecular weight is 184 g/mol. The fourth-order valence-corrected chi connectivity index (χ4v) is 0.899. The number of likely N-dealkylation sites (N-methyl/N-ethyl adjacent to an activating group) is 1. The summed E-state index contributed by atoms with van der Waals surface area (Å²) in [5.41, 5.74) is 0. The summed E-state index contributed by atoms with van der Waals surface area (Å²) in [5, 5.41) is 11.2. The Morgan fingerprint density at radius 1 is 1.69 bits per heavy atom. The fraction of sp³-hybridized carbons (Fsp3) is 0.667. The number of hydrogen-bond donors (Lipinski definition) is 2. The Morgan fingerprint density at radius 2 is 2.38 bits per heavy atom. The van der Waals surface area contributed by atoms with E-state index in [-0.39, 0.29) is 19.1 Å². The summed E-state index contributed by atoms with van der Waals surface area (Å²) in [7, 11) is 0. The molecule has 0 bridgehead atoms. The van der Waals surface area contributed by atoms with Gasteiger partial charge in [-0.3, -0.25) is 9.69 Å². The van der Waals surface area contributed by atoms with Gasteiger partial charge in [0, 0.05) is 6.54 Å². The maximum atomic E-state index is 11.1. The van der Waals surface area contributed by atoms with Crippen LogP contribution in [0.4, 0.5) is 0 Å². The quantitative estimate of drug-likeness (QED) is 0.523. The van der Waals surface area contributed by atoms with E-state index in [9.17, 15) is 4.79 Å². The Bertz CT molecular complexity index is 187. The maximum absolute atomic E-state index is 11.1. The minimum absolute atomic E-state index is 0.0657. The molecule has 4 nitrogen and oxygen atoms in total. The summed E-state index contributed by atoms with van der Waals surface area (Å²) in [6.07, 6.45) is 4.98. The van der Waals surface area contributed by atoms with E-state index in [1.54, 1.807) is 0 Å². The molecule has 0 aliphatic heterocycles. The third-order valence-corrected chi connectivity index (χ3v) is 1.62. The Balaban J connectivity index is 3.67. The molecule has 0 aromatic heterocycles. The molecule has 1 amide bonds. The Labute approximate surface area is 78.9 Å². The summed E-state index contributed by atoms with van der Waals surface area (Å²) in [4.78, 5) is 13.0. The van der Waals surface area contributed by atoms with Crippen LogP contribution < -0.4 is 5.32 Å². The summed E-state index contributed by atoms with van der Waals surface area (Å²) in [6.45, 7) is 3.80. The van der Waals surface area contributed by atoms with Crippen LogP contribution in [0.5, 0.6) is 0 Å². The van der Waals surface area contributed by atoms with Crippen LogP contribution in [-0.2, 0) is 4.79 Å². The lowest BCUT2D eigenvalue weighted by Crippen LogP contribution is -2.38. The molecule has 0 heterocycles. The van der Waals surface area contributed by atoms with Crippen molar-refractivity contribution in [1.82, 2.24) is 10.2 Å². The first-order valence-electron chi connectivity index (χ1n) is 4.28. The standard InChI is InChI=1S/C9H16N2O2/c1-3-5-10-9(13)8-11(4-2)6-7-12/h1,12H,4-8H2,2H3,(H,10,13). The Hall–Kier alpha value is -1.05. The number of nitrogens with zero attached hydrogens (tertiary/aromatic N) is 1. The summed E-state index contributed by atoms with van der Waals surface area (Å²) in [6, 6.07) is 0. The number of carbonyl (C=O) groups excluding carboxylic acids is 1. The first-order valence-corrected chi connectivity index (χ1v) is 4.28. The molecule has 0 aliphatic carbocycles. The molecular formula is C9H16N2O2. The largest absolute Gasteiger partial charge is 0.395 e. The van der Waals surface area contributed by atoms with Crippen LogP contribution in [0.25, 0.3) is 0 Å². The molecule has 0 fully saturated rings. The van der Waals surface area contributed by atoms with Gasteiger partial charge < -0.3 is 10.4 Å². The molecule has 13 heavy (non-hydrogen) atoms. The zero-order chi connectivity index (χ0) is 10.1. The molecule has 0 aromatic carbocycles. The monoisotopic (exact) mass is 184 g/mol. The molecule has 0 saturated heterocycles. The highest BCUT2D eigenvalue weighted by Gasteiger charge is 2.06. The predicted octanol–water partition coefficient (Wildman–Crippen LogP) is -0.950. The fourth-order valence-electron chi connectivity index (χ4n) is 0.899. The second-order valence-electron chi connectivity index (χ2n) is 2.57. The van der Waals surface area contributed by atoms with E-state index in [1.165, 1.54) is 0 Å². The van der Waals surface area contributed by atoms with Gasteiger partial charge in [-0.25, -0.2) is 0 Å². The van der Waals surface area contributed by atoms with E-state index in [0.29, 0.717) is 13.1 Å². The Morgan fingerprint density at radius 3 is 2.85 bits per heavy atom. The summed E-state index contributed by atoms with van der Waals surface area (Å²) >= 11 is 0. The molecule has 0 aromatic rings. The first-order chi connectivity index (χ1) is 6.24. The van der Waals surface area contributed by atoms with Crippen molar-refractivity contribution in [1.29, 1.82) is 0 Å². The Kier molecular flexibility index (Phi) is 6.98. The van der Waals surface area contributed by atoms with E-state index in [4.69, 9.17) is 11.5 Å². The van der Waals surface area contributed by atoms with Crippen molar-refractivity contribution < 1.29 is 9.90 Å². The lowest BCUT2D eigenvalue weighted by molar-refractivity contribution is -0.122. The number of aliphatic hydroxyl groups excluding tert-OH is 1. The van der Waals surface area contributed by atoms with Crippen molar-refractivity contribution in [3.63, 3.8) is 0 Å². The van der Waals surface area contributed by atoms with Crippen molar-refractivity contribution in [2.75, 3.05) is 32.8 Å². The average Bonchev–Trinajstić information content (AvgIpc) is 2.14. The molecule has 0 radical (unpaired) electrons. The minimum Gasteiger partial charge on any atom is -0.395 e. The predicted molar refractivity (Wildman–Crippen MR) is 51.0 cm³/mol. The maximum Gasteiger partial charge on any atom is 0.234 e. The highest BCUT2D eigenvalue weighted by atomic mass is 16.3. The number of carbonyl (C=O) groups is 1. The van der Waals surface area contributed by atoms with Gasteiger partial charge in [0.25, 0.3) is 0 Å². The van der Waals surface area contributed by atoms with Crippen LogP contribution in [-0.4, -0.2) is 48.7 Å². The number of nitrogens with one attached hydrogen (secondary N) is 1. The second-order valence-corrected chi connectivity index (χ2v) is 2.57. The minimum atomic E-state index is -0.103. The summed E-state index contributed by atoms with van der Waals surface area (Å²) < 4.78 is 0. The number of amides is 1. The molecule has 2 N–H and O–H groups in total. The smallest absolute Gasteiger partial charge is 0.234 e. The van der Waals surface area contributed by atoms with Crippen molar-refractivity contribution in [2.24, 2.45) is 0 Å².